The molecule has 0 spiro atoms. The van der Waals surface area contributed by atoms with Crippen LogP contribution in [0.2, 0.25) is 5.02 Å². The average molecular weight is 201 g/mol. The normalized spacial score (nSPS) is 10.0. The van der Waals surface area contributed by atoms with E-state index in [1.165, 1.54) is 12.1 Å². The molecule has 0 radical (unpaired) electrons. The first-order chi connectivity index (χ1) is 6.07. The zero-order valence-corrected chi connectivity index (χ0v) is 7.80. The van der Waals surface area contributed by atoms with E-state index in [-0.39, 0.29) is 22.1 Å². The molecule has 1 aromatic rings. The van der Waals surface area contributed by atoms with Gasteiger partial charge in [-0.05, 0) is 12.1 Å². The Hall–Kier alpha value is -1.22. The molecule has 0 aromatic heterocycles. The van der Waals surface area contributed by atoms with Crippen molar-refractivity contribution in [2.24, 2.45) is 0 Å². The highest BCUT2D eigenvalue weighted by Gasteiger charge is 2.14. The topological polar surface area (TPSA) is 57.5 Å². The Morgan fingerprint density at radius 3 is 2.62 bits per heavy atom. The number of carbonyl (C=O) groups excluding carboxylic acids is 1. The molecule has 0 bridgehead atoms. The van der Waals surface area contributed by atoms with Crippen molar-refractivity contribution in [3.8, 4) is 11.5 Å². The first-order valence-corrected chi connectivity index (χ1v) is 4.19. The molecule has 13 heavy (non-hydrogen) atoms. The molecule has 2 N–H and O–H groups in total. The first-order valence-electron chi connectivity index (χ1n) is 3.81. The van der Waals surface area contributed by atoms with E-state index in [1.807, 2.05) is 0 Å². The van der Waals surface area contributed by atoms with Gasteiger partial charge < -0.3 is 10.2 Å². The van der Waals surface area contributed by atoms with Crippen LogP contribution >= 0.6 is 11.6 Å². The zero-order valence-electron chi connectivity index (χ0n) is 7.04. The molecule has 0 unspecified atom stereocenters. The van der Waals surface area contributed by atoms with Crippen molar-refractivity contribution in [3.05, 3.63) is 22.7 Å². The van der Waals surface area contributed by atoms with Crippen molar-refractivity contribution in [1.82, 2.24) is 0 Å². The smallest absolute Gasteiger partial charge is 0.177 e. The molecule has 1 rings (SSSR count). The monoisotopic (exact) mass is 200 g/mol. The van der Waals surface area contributed by atoms with E-state index in [2.05, 4.69) is 0 Å². The Morgan fingerprint density at radius 2 is 2.08 bits per heavy atom. The number of Topliss-reactive ketones (excluding diaryl/α,β-unsaturated/α-hetero) is 1. The number of halogens is 1. The predicted molar refractivity (Wildman–Crippen MR) is 49.4 cm³/mol. The van der Waals surface area contributed by atoms with Crippen molar-refractivity contribution in [1.29, 1.82) is 0 Å². The second kappa shape index (κ2) is 3.66. The second-order valence-electron chi connectivity index (χ2n) is 2.57. The van der Waals surface area contributed by atoms with Crippen LogP contribution in [0.1, 0.15) is 23.7 Å². The molecular weight excluding hydrogens is 192 g/mol. The Balaban J connectivity index is 3.26. The number of rotatable bonds is 2. The van der Waals surface area contributed by atoms with Crippen molar-refractivity contribution < 1.29 is 15.0 Å². The summed E-state index contributed by atoms with van der Waals surface area (Å²) in [6.45, 7) is 1.70. The summed E-state index contributed by atoms with van der Waals surface area (Å²) in [7, 11) is 0. The average Bonchev–Trinajstić information content (AvgIpc) is 2.13. The summed E-state index contributed by atoms with van der Waals surface area (Å²) in [5.74, 6) is -0.932. The molecule has 0 amide bonds. The molecule has 0 aliphatic rings. The lowest BCUT2D eigenvalue weighted by Gasteiger charge is -2.04. The van der Waals surface area contributed by atoms with Crippen molar-refractivity contribution in [3.63, 3.8) is 0 Å². The van der Waals surface area contributed by atoms with E-state index in [4.69, 9.17) is 16.7 Å². The Bertz CT molecular complexity index is 347. The number of carbonyl (C=O) groups is 1. The number of ketones is 1. The summed E-state index contributed by atoms with van der Waals surface area (Å²) < 4.78 is 0. The maximum absolute atomic E-state index is 11.2. The van der Waals surface area contributed by atoms with Gasteiger partial charge in [-0.2, -0.15) is 0 Å². The molecule has 0 saturated carbocycles. The molecular formula is C9H9ClO3. The fourth-order valence-electron chi connectivity index (χ4n) is 0.960. The molecule has 4 heteroatoms. The highest BCUT2D eigenvalue weighted by atomic mass is 35.5. The molecule has 0 saturated heterocycles. The number of benzene rings is 1. The Morgan fingerprint density at radius 1 is 1.46 bits per heavy atom. The van der Waals surface area contributed by atoms with Gasteiger partial charge in [0.15, 0.2) is 17.3 Å². The summed E-state index contributed by atoms with van der Waals surface area (Å²) in [4.78, 5) is 11.2. The maximum Gasteiger partial charge on any atom is 0.177 e. The minimum atomic E-state index is -0.444. The van der Waals surface area contributed by atoms with Crippen LogP contribution in [0.5, 0.6) is 11.5 Å². The van der Waals surface area contributed by atoms with Gasteiger partial charge >= 0.3 is 0 Å². The third-order valence-corrected chi connectivity index (χ3v) is 2.10. The number of phenolic OH excluding ortho intramolecular Hbond substituents is 2. The minimum absolute atomic E-state index is 0.0909. The summed E-state index contributed by atoms with van der Waals surface area (Å²) in [5.41, 5.74) is 0.236. The summed E-state index contributed by atoms with van der Waals surface area (Å²) >= 11 is 5.64. The largest absolute Gasteiger partial charge is 0.504 e. The van der Waals surface area contributed by atoms with Gasteiger partial charge in [0.2, 0.25) is 0 Å². The van der Waals surface area contributed by atoms with Crippen LogP contribution in [0.3, 0.4) is 0 Å². The van der Waals surface area contributed by atoms with Crippen LogP contribution in [-0.4, -0.2) is 16.0 Å². The van der Waals surface area contributed by atoms with Gasteiger partial charge in [0.25, 0.3) is 0 Å². The van der Waals surface area contributed by atoms with Crippen molar-refractivity contribution >= 4 is 17.4 Å². The standard InChI is InChI=1S/C9H9ClO3/c1-2-6(11)5-3-4-7(12)9(13)8(5)10/h3-4,12-13H,2H2,1H3. The maximum atomic E-state index is 11.2. The van der Waals surface area contributed by atoms with Crippen molar-refractivity contribution in [2.75, 3.05) is 0 Å². The van der Waals surface area contributed by atoms with Gasteiger partial charge in [0.1, 0.15) is 0 Å². The van der Waals surface area contributed by atoms with Gasteiger partial charge in [0.05, 0.1) is 5.02 Å². The lowest BCUT2D eigenvalue weighted by atomic mass is 10.1. The van der Waals surface area contributed by atoms with Gasteiger partial charge in [-0.3, -0.25) is 4.79 Å². The van der Waals surface area contributed by atoms with E-state index < -0.39 is 5.75 Å². The van der Waals surface area contributed by atoms with Crippen LogP contribution in [0.4, 0.5) is 0 Å². The van der Waals surface area contributed by atoms with Gasteiger partial charge in [-0.1, -0.05) is 18.5 Å². The molecule has 0 heterocycles. The van der Waals surface area contributed by atoms with Crippen LogP contribution < -0.4 is 0 Å². The number of hydrogen-bond acceptors (Lipinski definition) is 3. The van der Waals surface area contributed by atoms with Gasteiger partial charge in [-0.15, -0.1) is 0 Å². The molecule has 1 aromatic carbocycles. The minimum Gasteiger partial charge on any atom is -0.504 e. The number of aromatic hydroxyl groups is 2. The highest BCUT2D eigenvalue weighted by molar-refractivity contribution is 6.35. The highest BCUT2D eigenvalue weighted by Crippen LogP contribution is 2.35. The second-order valence-corrected chi connectivity index (χ2v) is 2.95. The fraction of sp³-hybridized carbons (Fsp3) is 0.222. The molecule has 0 aliphatic carbocycles. The van der Waals surface area contributed by atoms with Gasteiger partial charge in [0, 0.05) is 12.0 Å². The summed E-state index contributed by atoms with van der Waals surface area (Å²) in [5, 5.41) is 18.1. The lowest BCUT2D eigenvalue weighted by molar-refractivity contribution is 0.0988. The van der Waals surface area contributed by atoms with E-state index >= 15 is 0 Å². The van der Waals surface area contributed by atoms with Crippen LogP contribution in [-0.2, 0) is 0 Å². The third kappa shape index (κ3) is 1.75. The third-order valence-electron chi connectivity index (χ3n) is 1.72. The summed E-state index contributed by atoms with van der Waals surface area (Å²) in [6.07, 6.45) is 0.309. The molecule has 0 aliphatic heterocycles. The van der Waals surface area contributed by atoms with Crippen LogP contribution in [0.15, 0.2) is 12.1 Å². The first kappa shape index (κ1) is 9.86. The predicted octanol–water partition coefficient (Wildman–Crippen LogP) is 2.34. The van der Waals surface area contributed by atoms with Crippen molar-refractivity contribution in [2.45, 2.75) is 13.3 Å². The van der Waals surface area contributed by atoms with E-state index in [1.54, 1.807) is 6.92 Å². The van der Waals surface area contributed by atoms with Crippen LogP contribution in [0, 0.1) is 0 Å². The number of hydrogen-bond donors (Lipinski definition) is 2. The van der Waals surface area contributed by atoms with Gasteiger partial charge in [-0.25, -0.2) is 0 Å². The Kier molecular flexibility index (Phi) is 2.78. The van der Waals surface area contributed by atoms with E-state index in [9.17, 15) is 9.90 Å². The quantitative estimate of drug-likeness (QED) is 0.569. The van der Waals surface area contributed by atoms with E-state index in [0.29, 0.717) is 6.42 Å². The zero-order chi connectivity index (χ0) is 10.0. The fourth-order valence-corrected chi connectivity index (χ4v) is 1.23. The number of phenols is 2. The van der Waals surface area contributed by atoms with E-state index in [0.717, 1.165) is 0 Å². The Labute approximate surface area is 80.6 Å². The molecule has 0 fully saturated rings. The molecule has 0 atom stereocenters. The lowest BCUT2D eigenvalue weighted by Crippen LogP contribution is -1.97. The van der Waals surface area contributed by atoms with Crippen LogP contribution in [0.25, 0.3) is 0 Å². The summed E-state index contributed by atoms with van der Waals surface area (Å²) in [6, 6.07) is 2.63. The molecule has 3 nitrogen and oxygen atoms in total. The molecule has 70 valence electrons. The SMILES string of the molecule is CCC(=O)c1ccc(O)c(O)c1Cl.